The summed E-state index contributed by atoms with van der Waals surface area (Å²) in [5.74, 6) is -13.1. The van der Waals surface area contributed by atoms with E-state index < -0.39 is 263 Å². The molecule has 4 aliphatic carbocycles. The number of rotatable bonds is 32. The molecule has 48 nitrogen and oxygen atoms in total. The van der Waals surface area contributed by atoms with E-state index >= 15 is 9.59 Å². The third kappa shape index (κ3) is 20.4. The maximum Gasteiger partial charge on any atom is 0.335 e. The van der Waals surface area contributed by atoms with Gasteiger partial charge in [0.1, 0.15) is 31.1 Å². The summed E-state index contributed by atoms with van der Waals surface area (Å²) in [7, 11) is -29.9. The van der Waals surface area contributed by atoms with Gasteiger partial charge in [-0.3, -0.25) is 56.1 Å². The smallest absolute Gasteiger partial charge is 0.335 e. The molecule has 4 aliphatic rings. The Morgan fingerprint density at radius 2 is 0.644 bits per heavy atom. The SMILES string of the molecule is Cn1c(=O)c(C(=O)c2cccc(S(=O)(=O)O)c2)c2c3c(c(Nc4cc(Nc5nc(NC6CCC(CC7CCC(Nc8nc(Nc9cc(Nc%10ccc%11c%12c%10C(=O)c%10ccccc%10-c%12c(C(=O)c%10cccc(S(=O)(=O)O)c%10)c(=O)n%11C)c(S(=O)(=O)O)cc9S(=O)(=O)O)nc(Oc9cc(C(=O)O)cc(C(=O)O)c9)n8)CC7)CC6)nc(Oc6cc(C(=O)O)cc(C(=O)O)c6)n5)c(S(=O)(=O)O)cc4S(=O)(=O)O)ccc31)C(=O)c1ccccc1-2. The number of hydrogen-bond donors (Lipinski definition) is 16. The van der Waals surface area contributed by atoms with Gasteiger partial charge in [0.25, 0.3) is 71.8 Å². The molecule has 18 rings (SSSR count). The second-order valence-corrected chi connectivity index (χ2v) is 43.3. The van der Waals surface area contributed by atoms with E-state index in [1.54, 1.807) is 0 Å². The van der Waals surface area contributed by atoms with Crippen molar-refractivity contribution in [3.63, 3.8) is 0 Å². The summed E-state index contributed by atoms with van der Waals surface area (Å²) in [5, 5.41) is 56.9. The van der Waals surface area contributed by atoms with Gasteiger partial charge in [0.15, 0.2) is 23.1 Å². The molecule has 0 amide bonds. The van der Waals surface area contributed by atoms with Gasteiger partial charge in [-0.1, -0.05) is 72.8 Å². The Bertz CT molecular complexity index is 8610. The van der Waals surface area contributed by atoms with Crippen molar-refractivity contribution in [3.05, 3.63) is 269 Å². The number of benzene rings is 10. The highest BCUT2D eigenvalue weighted by molar-refractivity contribution is 7.87. The number of carbonyl (C=O) groups is 8. The van der Waals surface area contributed by atoms with Crippen LogP contribution in [0.5, 0.6) is 23.5 Å². The lowest BCUT2D eigenvalue weighted by atomic mass is 9.75. The van der Waals surface area contributed by atoms with Crippen LogP contribution in [0.25, 0.3) is 44.1 Å². The summed E-state index contributed by atoms with van der Waals surface area (Å²) in [4.78, 5) is 158. The molecule has 149 heavy (non-hydrogen) atoms. The van der Waals surface area contributed by atoms with E-state index in [4.69, 9.17) is 9.47 Å². The Hall–Kier alpha value is -16.9. The summed E-state index contributed by atoms with van der Waals surface area (Å²) in [6.45, 7) is 0. The van der Waals surface area contributed by atoms with Crippen molar-refractivity contribution in [1.29, 1.82) is 0 Å². The first-order chi connectivity index (χ1) is 70.2. The maximum absolute atomic E-state index is 15.1. The van der Waals surface area contributed by atoms with E-state index in [9.17, 15) is 137 Å². The molecular weight excluding hydrogens is 2070 g/mol. The molecule has 2 saturated carbocycles. The number of hydrogen-bond acceptors (Lipinski definition) is 36. The number of ketones is 4. The fourth-order valence-electron chi connectivity index (χ4n) is 18.7. The summed E-state index contributed by atoms with van der Waals surface area (Å²) >= 11 is 0. The standard InChI is InChI=1S/C95H74N14O34S6/c1-108-66-27-25-60(74-76(66)72(56-13-3-5-15-58(56)82(74)112)78(84(108)114)80(110)44-9-7-11-54(36-44)144(124,125)126)98-62-38-64(70(148(136,137)138)40-68(62)146(130,131)132)100-92-102-90(104-94(106-92)142-52-32-46(86(116)117)30-47(33-52)87(118)119)96-50-21-17-42(18-22-50)29-43-19-23-51(24-20-43)97-91-103-93(107-95(105-91)143-53-34-48(88(120)121)31-49(35-53)89(122)123)101-65-39-63(69(147(133,134)135)41-71(65)149(139,140)141)99-61-26-28-67-77-73(57-14-4-6-16-59(57)83(113)75(61)77)79(85(115)109(67)2)81(111)45-10-8-12-55(37-45)145(127,128)129/h3-16,25-28,30-43,50-51,98-99H,17-24,29H2,1-2H3,(H,116,117)(H,118,119)(H,120,121)(H,122,123)(H,124,125,126)(H,127,128,129)(H,130,131,132)(H,133,134,135)(H,136,137,138)(H,139,140,141)(H2,96,100,102,104,106)(H2,97,101,103,105,107). The van der Waals surface area contributed by atoms with Gasteiger partial charge in [-0.05, 0) is 190 Å². The number of aromatic carboxylic acids is 4. The minimum Gasteiger partial charge on any atom is -0.478 e. The third-order valence-corrected chi connectivity index (χ3v) is 30.8. The Balaban J connectivity index is 0.622. The van der Waals surface area contributed by atoms with Crippen molar-refractivity contribution in [2.45, 2.75) is 99.2 Å². The quantitative estimate of drug-likeness (QED) is 0.0137. The van der Waals surface area contributed by atoms with E-state index in [-0.39, 0.29) is 101 Å². The van der Waals surface area contributed by atoms with E-state index in [2.05, 4.69) is 61.8 Å². The Morgan fingerprint density at radius 1 is 0.329 bits per heavy atom. The molecular formula is C95H74N14O34S6. The minimum absolute atomic E-state index is 0.000433. The van der Waals surface area contributed by atoms with Gasteiger partial charge in [0.2, 0.25) is 23.8 Å². The number of pyridine rings is 2. The molecule has 14 aromatic rings. The van der Waals surface area contributed by atoms with Crippen LogP contribution in [0.2, 0.25) is 0 Å². The Labute approximate surface area is 839 Å². The van der Waals surface area contributed by atoms with Crippen molar-refractivity contribution in [1.82, 2.24) is 39.0 Å². The van der Waals surface area contributed by atoms with Gasteiger partial charge in [-0.25, -0.2) is 19.2 Å². The summed E-state index contributed by atoms with van der Waals surface area (Å²) < 4.78 is 235. The highest BCUT2D eigenvalue weighted by Crippen LogP contribution is 2.50. The molecule has 0 unspecified atom stereocenters. The van der Waals surface area contributed by atoms with E-state index in [1.165, 1.54) is 99.0 Å². The average Bonchev–Trinajstić information content (AvgIpc) is 0.706. The van der Waals surface area contributed by atoms with E-state index in [0.717, 1.165) is 94.1 Å². The molecule has 0 saturated heterocycles. The van der Waals surface area contributed by atoms with Gasteiger partial charge < -0.3 is 70.9 Å². The molecule has 2 fully saturated rings. The molecule has 0 bridgehead atoms. The topological polar surface area (TPSA) is 756 Å². The predicted octanol–water partition coefficient (Wildman–Crippen LogP) is 12.5. The number of aryl methyl sites for hydroxylation is 2. The van der Waals surface area contributed by atoms with Crippen LogP contribution in [0.3, 0.4) is 0 Å². The third-order valence-electron chi connectivity index (χ3n) is 25.5. The van der Waals surface area contributed by atoms with Crippen LogP contribution in [-0.4, -0.2) is 196 Å². The number of carboxylic acids is 4. The second-order valence-electron chi connectivity index (χ2n) is 34.9. The van der Waals surface area contributed by atoms with Crippen molar-refractivity contribution >= 4 is 187 Å². The van der Waals surface area contributed by atoms with Crippen LogP contribution in [0, 0.1) is 11.8 Å². The number of nitrogens with one attached hydrogen (secondary N) is 6. The van der Waals surface area contributed by atoms with Crippen molar-refractivity contribution in [3.8, 4) is 45.8 Å². The normalized spacial score (nSPS) is 15.6. The number of ether oxygens (including phenoxy) is 2. The highest BCUT2D eigenvalue weighted by Gasteiger charge is 2.41. The van der Waals surface area contributed by atoms with Crippen LogP contribution in [-0.2, 0) is 74.8 Å². The van der Waals surface area contributed by atoms with Crippen LogP contribution < -0.4 is 52.5 Å². The molecule has 16 N–H and O–H groups in total. The van der Waals surface area contributed by atoms with Crippen LogP contribution in [0.15, 0.2) is 221 Å². The number of carboxylic acid groups (broad SMARTS) is 4. The van der Waals surface area contributed by atoms with Crippen molar-refractivity contribution in [2.24, 2.45) is 25.9 Å². The average molecular weight is 2150 g/mol. The summed E-state index contributed by atoms with van der Waals surface area (Å²) in [6.07, 6.45) is 4.44. The van der Waals surface area contributed by atoms with Crippen LogP contribution in [0.4, 0.5) is 57.9 Å². The molecule has 0 atom stereocenters. The molecule has 54 heteroatoms. The predicted molar refractivity (Wildman–Crippen MR) is 525 cm³/mol. The lowest BCUT2D eigenvalue weighted by Crippen LogP contribution is -2.30. The highest BCUT2D eigenvalue weighted by atomic mass is 32.2. The zero-order chi connectivity index (χ0) is 107. The second kappa shape index (κ2) is 38.5. The number of anilines is 10. The van der Waals surface area contributed by atoms with Gasteiger partial charge in [0, 0.05) is 70.3 Å². The van der Waals surface area contributed by atoms with E-state index in [1.807, 2.05) is 0 Å². The zero-order valence-corrected chi connectivity index (χ0v) is 81.2. The molecule has 4 heterocycles. The molecule has 4 aromatic heterocycles. The molecule has 10 aromatic carbocycles. The zero-order valence-electron chi connectivity index (χ0n) is 76.3. The van der Waals surface area contributed by atoms with Gasteiger partial charge in [-0.15, -0.1) is 0 Å². The van der Waals surface area contributed by atoms with Gasteiger partial charge in [-0.2, -0.15) is 80.4 Å². The Kier molecular flexibility index (Phi) is 26.4. The Morgan fingerprint density at radius 3 is 0.960 bits per heavy atom. The van der Waals surface area contributed by atoms with Gasteiger partial charge >= 0.3 is 35.9 Å². The molecule has 0 aliphatic heterocycles. The molecule has 0 radical (unpaired) electrons. The summed E-state index contributed by atoms with van der Waals surface area (Å²) in [6, 6.07) is 29.5. The fraction of sp³-hybridized carbons (Fsp3) is 0.158. The lowest BCUT2D eigenvalue weighted by Gasteiger charge is -2.34. The molecule has 764 valence electrons. The van der Waals surface area contributed by atoms with Crippen LogP contribution >= 0.6 is 0 Å². The van der Waals surface area contributed by atoms with Crippen LogP contribution in [0.1, 0.15) is 163 Å². The first-order valence-electron chi connectivity index (χ1n) is 44.1. The fourth-order valence-corrected chi connectivity index (χ4v) is 22.6. The van der Waals surface area contributed by atoms with Crippen molar-refractivity contribution < 1.29 is 146 Å². The lowest BCUT2D eigenvalue weighted by molar-refractivity contribution is 0.0675. The van der Waals surface area contributed by atoms with E-state index in [0.29, 0.717) is 69.9 Å². The summed E-state index contributed by atoms with van der Waals surface area (Å²) in [5.41, 5.74) is -11.2. The molecule has 0 spiro atoms. The number of carbonyl (C=O) groups excluding carboxylic acids is 4. The number of nitrogens with zero attached hydrogens (tertiary/aromatic N) is 8. The number of aromatic nitrogens is 8. The largest absolute Gasteiger partial charge is 0.478 e. The minimum atomic E-state index is -5.64. The monoisotopic (exact) mass is 2150 g/mol. The van der Waals surface area contributed by atoms with Gasteiger partial charge in [0.05, 0.1) is 99.5 Å². The first-order valence-corrected chi connectivity index (χ1v) is 52.7. The number of fused-ring (bicyclic) bond motifs is 4. The maximum atomic E-state index is 15.1. The first kappa shape index (κ1) is 102. The van der Waals surface area contributed by atoms with Crippen molar-refractivity contribution in [2.75, 3.05) is 31.9 Å².